The van der Waals surface area contributed by atoms with Crippen LogP contribution in [0.5, 0.6) is 0 Å². The third kappa shape index (κ3) is 5.27. The van der Waals surface area contributed by atoms with E-state index in [0.717, 1.165) is 19.3 Å². The van der Waals surface area contributed by atoms with Crippen LogP contribution in [0.15, 0.2) is 0 Å². The van der Waals surface area contributed by atoms with E-state index < -0.39 is 10.0 Å². The number of aliphatic hydroxyl groups is 1. The van der Waals surface area contributed by atoms with Gasteiger partial charge in [-0.2, -0.15) is 0 Å². The van der Waals surface area contributed by atoms with Gasteiger partial charge in [-0.05, 0) is 30.6 Å². The maximum absolute atomic E-state index is 11.7. The standard InChI is InChI=1S/C11H23NO3S/c1-11(2,3)8-16(14,15)12-7-9-4-5-10(13)6-9/h9-10,12-13H,4-8H2,1-3H3. The van der Waals surface area contributed by atoms with Crippen LogP contribution in [0.25, 0.3) is 0 Å². The van der Waals surface area contributed by atoms with Gasteiger partial charge in [0.1, 0.15) is 0 Å². The minimum absolute atomic E-state index is 0.148. The molecule has 0 aromatic heterocycles. The van der Waals surface area contributed by atoms with E-state index in [1.807, 2.05) is 20.8 Å². The van der Waals surface area contributed by atoms with Crippen LogP contribution in [-0.2, 0) is 10.0 Å². The first-order chi connectivity index (χ1) is 7.18. The van der Waals surface area contributed by atoms with Crippen molar-refractivity contribution < 1.29 is 13.5 Å². The zero-order valence-corrected chi connectivity index (χ0v) is 11.2. The lowest BCUT2D eigenvalue weighted by atomic mass is 10.0. The Hall–Kier alpha value is -0.130. The molecule has 96 valence electrons. The number of hydrogen-bond donors (Lipinski definition) is 2. The van der Waals surface area contributed by atoms with Gasteiger partial charge in [-0.3, -0.25) is 0 Å². The van der Waals surface area contributed by atoms with Gasteiger partial charge < -0.3 is 5.11 Å². The van der Waals surface area contributed by atoms with Gasteiger partial charge in [-0.25, -0.2) is 13.1 Å². The molecule has 0 aromatic rings. The summed E-state index contributed by atoms with van der Waals surface area (Å²) in [5.41, 5.74) is -0.221. The topological polar surface area (TPSA) is 66.4 Å². The lowest BCUT2D eigenvalue weighted by Crippen LogP contribution is -2.35. The molecule has 1 saturated carbocycles. The number of nitrogens with one attached hydrogen (secondary N) is 1. The van der Waals surface area contributed by atoms with Crippen molar-refractivity contribution in [3.63, 3.8) is 0 Å². The summed E-state index contributed by atoms with van der Waals surface area (Å²) in [5.74, 6) is 0.444. The first-order valence-corrected chi connectivity index (χ1v) is 7.48. The molecule has 0 amide bonds. The molecule has 2 unspecified atom stereocenters. The Morgan fingerprint density at radius 2 is 1.94 bits per heavy atom. The SMILES string of the molecule is CC(C)(C)CS(=O)(=O)NCC1CCC(O)C1. The second-order valence-electron chi connectivity index (χ2n) is 6.00. The van der Waals surface area contributed by atoms with Crippen molar-refractivity contribution in [2.24, 2.45) is 11.3 Å². The van der Waals surface area contributed by atoms with Crippen LogP contribution >= 0.6 is 0 Å². The molecular weight excluding hydrogens is 226 g/mol. The predicted octanol–water partition coefficient (Wildman–Crippen LogP) is 1.11. The van der Waals surface area contributed by atoms with Gasteiger partial charge in [0.15, 0.2) is 0 Å². The molecule has 0 radical (unpaired) electrons. The fraction of sp³-hybridized carbons (Fsp3) is 1.00. The van der Waals surface area contributed by atoms with Crippen molar-refractivity contribution in [3.8, 4) is 0 Å². The quantitative estimate of drug-likeness (QED) is 0.784. The smallest absolute Gasteiger partial charge is 0.212 e. The van der Waals surface area contributed by atoms with Crippen molar-refractivity contribution in [3.05, 3.63) is 0 Å². The van der Waals surface area contributed by atoms with Crippen LogP contribution in [0.1, 0.15) is 40.0 Å². The van der Waals surface area contributed by atoms with Gasteiger partial charge in [-0.1, -0.05) is 20.8 Å². The lowest BCUT2D eigenvalue weighted by Gasteiger charge is -2.19. The Bertz CT molecular complexity index is 319. The van der Waals surface area contributed by atoms with E-state index >= 15 is 0 Å². The molecular formula is C11H23NO3S. The fourth-order valence-electron chi connectivity index (χ4n) is 2.10. The van der Waals surface area contributed by atoms with Crippen LogP contribution in [0.4, 0.5) is 0 Å². The van der Waals surface area contributed by atoms with Gasteiger partial charge in [0.05, 0.1) is 11.9 Å². The molecule has 4 nitrogen and oxygen atoms in total. The second kappa shape index (κ2) is 5.02. The zero-order chi connectivity index (χ0) is 12.4. The third-order valence-electron chi connectivity index (χ3n) is 2.73. The third-order valence-corrected chi connectivity index (χ3v) is 4.58. The van der Waals surface area contributed by atoms with E-state index in [1.165, 1.54) is 0 Å². The van der Waals surface area contributed by atoms with Gasteiger partial charge in [0.25, 0.3) is 0 Å². The van der Waals surface area contributed by atoms with Crippen molar-refractivity contribution in [2.45, 2.75) is 46.1 Å². The Morgan fingerprint density at radius 1 is 1.31 bits per heavy atom. The Balaban J connectivity index is 2.37. The first-order valence-electron chi connectivity index (χ1n) is 5.83. The maximum atomic E-state index is 11.7. The lowest BCUT2D eigenvalue weighted by molar-refractivity contribution is 0.178. The average Bonchev–Trinajstić information content (AvgIpc) is 2.44. The van der Waals surface area contributed by atoms with Gasteiger partial charge in [-0.15, -0.1) is 0 Å². The summed E-state index contributed by atoms with van der Waals surface area (Å²) in [7, 11) is -3.18. The fourth-order valence-corrected chi connectivity index (χ4v) is 3.83. The first kappa shape index (κ1) is 13.9. The Morgan fingerprint density at radius 3 is 2.38 bits per heavy atom. The van der Waals surface area contributed by atoms with Gasteiger partial charge >= 0.3 is 0 Å². The molecule has 0 aromatic carbocycles. The van der Waals surface area contributed by atoms with E-state index in [-0.39, 0.29) is 17.3 Å². The molecule has 0 aliphatic heterocycles. The van der Waals surface area contributed by atoms with Crippen LogP contribution in [0.3, 0.4) is 0 Å². The second-order valence-corrected chi connectivity index (χ2v) is 7.81. The molecule has 1 aliphatic rings. The minimum Gasteiger partial charge on any atom is -0.393 e. The van der Waals surface area contributed by atoms with Crippen LogP contribution in [0.2, 0.25) is 0 Å². The van der Waals surface area contributed by atoms with Crippen molar-refractivity contribution in [2.75, 3.05) is 12.3 Å². The van der Waals surface area contributed by atoms with E-state index in [0.29, 0.717) is 12.5 Å². The molecule has 16 heavy (non-hydrogen) atoms. The summed E-state index contributed by atoms with van der Waals surface area (Å²) in [4.78, 5) is 0. The summed E-state index contributed by atoms with van der Waals surface area (Å²) in [6.07, 6.45) is 2.19. The Kier molecular flexibility index (Phi) is 4.37. The van der Waals surface area contributed by atoms with Crippen molar-refractivity contribution in [1.29, 1.82) is 0 Å². The highest BCUT2D eigenvalue weighted by atomic mass is 32.2. The highest BCUT2D eigenvalue weighted by Gasteiger charge is 2.26. The normalized spacial score (nSPS) is 27.2. The molecule has 0 heterocycles. The molecule has 0 saturated heterocycles. The molecule has 0 bridgehead atoms. The van der Waals surface area contributed by atoms with Crippen LogP contribution in [-0.4, -0.2) is 31.9 Å². The summed E-state index contributed by atoms with van der Waals surface area (Å²) in [6, 6.07) is 0. The molecule has 5 heteroatoms. The monoisotopic (exact) mass is 249 g/mol. The zero-order valence-electron chi connectivity index (χ0n) is 10.4. The summed E-state index contributed by atoms with van der Waals surface area (Å²) in [5, 5.41) is 9.34. The summed E-state index contributed by atoms with van der Waals surface area (Å²) in [6.45, 7) is 6.19. The van der Waals surface area contributed by atoms with Crippen LogP contribution in [0, 0.1) is 11.3 Å². The largest absolute Gasteiger partial charge is 0.393 e. The van der Waals surface area contributed by atoms with E-state index in [1.54, 1.807) is 0 Å². The predicted molar refractivity (Wildman–Crippen MR) is 64.6 cm³/mol. The average molecular weight is 249 g/mol. The van der Waals surface area contributed by atoms with Crippen molar-refractivity contribution >= 4 is 10.0 Å². The van der Waals surface area contributed by atoms with Crippen LogP contribution < -0.4 is 4.72 Å². The molecule has 1 aliphatic carbocycles. The summed E-state index contributed by atoms with van der Waals surface area (Å²) >= 11 is 0. The van der Waals surface area contributed by atoms with Gasteiger partial charge in [0.2, 0.25) is 10.0 Å². The highest BCUT2D eigenvalue weighted by molar-refractivity contribution is 7.89. The molecule has 1 fully saturated rings. The van der Waals surface area contributed by atoms with E-state index in [2.05, 4.69) is 4.72 Å². The Labute approximate surface area is 98.5 Å². The summed E-state index contributed by atoms with van der Waals surface area (Å²) < 4.78 is 26.1. The maximum Gasteiger partial charge on any atom is 0.212 e. The van der Waals surface area contributed by atoms with E-state index in [9.17, 15) is 13.5 Å². The van der Waals surface area contributed by atoms with E-state index in [4.69, 9.17) is 0 Å². The minimum atomic E-state index is -3.18. The molecule has 0 spiro atoms. The number of rotatable bonds is 4. The highest BCUT2D eigenvalue weighted by Crippen LogP contribution is 2.25. The number of sulfonamides is 1. The molecule has 2 N–H and O–H groups in total. The number of hydrogen-bond acceptors (Lipinski definition) is 3. The molecule has 1 rings (SSSR count). The molecule has 2 atom stereocenters. The van der Waals surface area contributed by atoms with Gasteiger partial charge in [0, 0.05) is 6.54 Å². The number of aliphatic hydroxyl groups excluding tert-OH is 1. The van der Waals surface area contributed by atoms with Crippen molar-refractivity contribution in [1.82, 2.24) is 4.72 Å².